The Hall–Kier alpha value is -2.36. The first-order valence-electron chi connectivity index (χ1n) is 12.8. The number of carbonyl (C=O) groups is 1. The highest BCUT2D eigenvalue weighted by Crippen LogP contribution is 2.39. The smallest absolute Gasteiger partial charge is 0.434 e. The minimum atomic E-state index is -0.700. The van der Waals surface area contributed by atoms with E-state index in [2.05, 4.69) is 19.9 Å². The van der Waals surface area contributed by atoms with E-state index in [1.54, 1.807) is 30.3 Å². The molecule has 0 spiro atoms. The number of hydrogen-bond donors (Lipinski definition) is 0. The SMILES string of the molecule is CCCCCOC(=O)Oc1ccc(-c2ccc(C3CCC(CCCCC)CC3)cc2F)cc1. The summed E-state index contributed by atoms with van der Waals surface area (Å²) in [4.78, 5) is 11.8. The van der Waals surface area contributed by atoms with Crippen molar-refractivity contribution < 1.29 is 18.7 Å². The normalized spacial score (nSPS) is 18.2. The van der Waals surface area contributed by atoms with Crippen molar-refractivity contribution >= 4 is 6.16 Å². The molecule has 180 valence electrons. The Bertz CT molecular complexity index is 854. The van der Waals surface area contributed by atoms with Crippen LogP contribution in [0.5, 0.6) is 5.75 Å². The van der Waals surface area contributed by atoms with Crippen LogP contribution in [0.15, 0.2) is 42.5 Å². The van der Waals surface area contributed by atoms with Gasteiger partial charge in [-0.25, -0.2) is 9.18 Å². The van der Waals surface area contributed by atoms with Crippen molar-refractivity contribution in [3.05, 3.63) is 53.8 Å². The lowest BCUT2D eigenvalue weighted by atomic mass is 9.77. The molecule has 4 heteroatoms. The molecule has 0 aromatic heterocycles. The molecule has 33 heavy (non-hydrogen) atoms. The first-order valence-corrected chi connectivity index (χ1v) is 12.8. The predicted octanol–water partition coefficient (Wildman–Crippen LogP) is 9.05. The molecular formula is C29H39FO3. The zero-order valence-electron chi connectivity index (χ0n) is 20.3. The first-order chi connectivity index (χ1) is 16.1. The van der Waals surface area contributed by atoms with Gasteiger partial charge in [-0.1, -0.05) is 76.6 Å². The molecule has 0 saturated heterocycles. The van der Waals surface area contributed by atoms with E-state index in [9.17, 15) is 9.18 Å². The van der Waals surface area contributed by atoms with Crippen LogP contribution in [0.1, 0.15) is 96.0 Å². The summed E-state index contributed by atoms with van der Waals surface area (Å²) in [7, 11) is 0. The molecule has 0 bridgehead atoms. The van der Waals surface area contributed by atoms with E-state index in [0.29, 0.717) is 23.8 Å². The standard InChI is InChI=1S/C29H39FO3/c1-3-5-7-9-22-10-12-23(13-11-22)25-16-19-27(28(30)21-25)24-14-17-26(18-15-24)33-29(31)32-20-8-6-4-2/h14-19,21-23H,3-13,20H2,1-2H3. The minimum Gasteiger partial charge on any atom is -0.434 e. The third kappa shape index (κ3) is 7.87. The highest BCUT2D eigenvalue weighted by Gasteiger charge is 2.23. The van der Waals surface area contributed by atoms with Crippen LogP contribution in [0.2, 0.25) is 0 Å². The zero-order valence-corrected chi connectivity index (χ0v) is 20.3. The van der Waals surface area contributed by atoms with Crippen LogP contribution >= 0.6 is 0 Å². The van der Waals surface area contributed by atoms with Gasteiger partial charge < -0.3 is 9.47 Å². The number of benzene rings is 2. The molecule has 2 aromatic rings. The van der Waals surface area contributed by atoms with Crippen LogP contribution in [0.4, 0.5) is 9.18 Å². The molecule has 0 N–H and O–H groups in total. The summed E-state index contributed by atoms with van der Waals surface area (Å²) in [5.74, 6) is 1.52. The number of hydrogen-bond acceptors (Lipinski definition) is 3. The van der Waals surface area contributed by atoms with E-state index in [4.69, 9.17) is 9.47 Å². The Kier molecular flexibility index (Phi) is 10.2. The summed E-state index contributed by atoms with van der Waals surface area (Å²) in [6.07, 6.45) is 12.4. The van der Waals surface area contributed by atoms with Crippen LogP contribution in [0.25, 0.3) is 11.1 Å². The maximum Gasteiger partial charge on any atom is 0.513 e. The van der Waals surface area contributed by atoms with Crippen LogP contribution in [-0.2, 0) is 4.74 Å². The highest BCUT2D eigenvalue weighted by atomic mass is 19.1. The molecule has 0 radical (unpaired) electrons. The number of carbonyl (C=O) groups excluding carboxylic acids is 1. The van der Waals surface area contributed by atoms with Gasteiger partial charge >= 0.3 is 6.16 Å². The molecule has 0 unspecified atom stereocenters. The molecule has 2 aromatic carbocycles. The summed E-state index contributed by atoms with van der Waals surface area (Å²) in [5, 5.41) is 0. The predicted molar refractivity (Wildman–Crippen MR) is 132 cm³/mol. The Labute approximate surface area is 198 Å². The monoisotopic (exact) mass is 454 g/mol. The number of ether oxygens (including phenoxy) is 2. The molecule has 0 aliphatic heterocycles. The van der Waals surface area contributed by atoms with Crippen molar-refractivity contribution in [1.29, 1.82) is 0 Å². The summed E-state index contributed by atoms with van der Waals surface area (Å²) in [6, 6.07) is 12.6. The Morgan fingerprint density at radius 2 is 1.61 bits per heavy atom. The molecule has 1 saturated carbocycles. The van der Waals surface area contributed by atoms with Gasteiger partial charge in [0.15, 0.2) is 0 Å². The number of unbranched alkanes of at least 4 members (excludes halogenated alkanes) is 4. The number of rotatable bonds is 11. The van der Waals surface area contributed by atoms with Crippen molar-refractivity contribution in [2.75, 3.05) is 6.61 Å². The fourth-order valence-corrected chi connectivity index (χ4v) is 4.82. The summed E-state index contributed by atoms with van der Waals surface area (Å²) < 4.78 is 25.2. The quantitative estimate of drug-likeness (QED) is 0.193. The van der Waals surface area contributed by atoms with Crippen molar-refractivity contribution in [3.8, 4) is 16.9 Å². The molecule has 1 aliphatic carbocycles. The maximum atomic E-state index is 15.0. The van der Waals surface area contributed by atoms with Gasteiger partial charge in [-0.15, -0.1) is 0 Å². The third-order valence-corrected chi connectivity index (χ3v) is 6.86. The lowest BCUT2D eigenvalue weighted by Gasteiger charge is -2.29. The van der Waals surface area contributed by atoms with Crippen molar-refractivity contribution in [3.63, 3.8) is 0 Å². The lowest BCUT2D eigenvalue weighted by Crippen LogP contribution is -2.13. The van der Waals surface area contributed by atoms with Crippen molar-refractivity contribution in [2.24, 2.45) is 5.92 Å². The molecule has 3 nitrogen and oxygen atoms in total. The molecule has 0 atom stereocenters. The van der Waals surface area contributed by atoms with Gasteiger partial charge in [-0.3, -0.25) is 0 Å². The van der Waals surface area contributed by atoms with Gasteiger partial charge in [-0.05, 0) is 73.3 Å². The van der Waals surface area contributed by atoms with Crippen molar-refractivity contribution in [2.45, 2.75) is 90.4 Å². The Morgan fingerprint density at radius 3 is 2.27 bits per heavy atom. The molecular weight excluding hydrogens is 415 g/mol. The van der Waals surface area contributed by atoms with E-state index >= 15 is 0 Å². The van der Waals surface area contributed by atoms with E-state index < -0.39 is 6.16 Å². The lowest BCUT2D eigenvalue weighted by molar-refractivity contribution is 0.0974. The zero-order chi connectivity index (χ0) is 23.5. The average Bonchev–Trinajstić information content (AvgIpc) is 2.83. The summed E-state index contributed by atoms with van der Waals surface area (Å²) in [5.41, 5.74) is 2.46. The van der Waals surface area contributed by atoms with E-state index in [0.717, 1.165) is 49.1 Å². The maximum absolute atomic E-state index is 15.0. The van der Waals surface area contributed by atoms with E-state index in [-0.39, 0.29) is 5.82 Å². The molecule has 0 heterocycles. The van der Waals surface area contributed by atoms with Crippen LogP contribution in [-0.4, -0.2) is 12.8 Å². The second-order valence-electron chi connectivity index (χ2n) is 9.38. The second-order valence-corrected chi connectivity index (χ2v) is 9.38. The fraction of sp³-hybridized carbons (Fsp3) is 0.552. The molecule has 1 fully saturated rings. The topological polar surface area (TPSA) is 35.5 Å². The average molecular weight is 455 g/mol. The molecule has 3 rings (SSSR count). The van der Waals surface area contributed by atoms with E-state index in [1.165, 1.54) is 38.5 Å². The van der Waals surface area contributed by atoms with Gasteiger partial charge in [0.25, 0.3) is 0 Å². The summed E-state index contributed by atoms with van der Waals surface area (Å²) >= 11 is 0. The fourth-order valence-electron chi connectivity index (χ4n) is 4.82. The van der Waals surface area contributed by atoms with Gasteiger partial charge in [0.1, 0.15) is 11.6 Å². The van der Waals surface area contributed by atoms with Gasteiger partial charge in [-0.2, -0.15) is 0 Å². The first kappa shape index (κ1) is 25.3. The van der Waals surface area contributed by atoms with Gasteiger partial charge in [0.05, 0.1) is 6.61 Å². The van der Waals surface area contributed by atoms with E-state index in [1.807, 2.05) is 6.07 Å². The summed E-state index contributed by atoms with van der Waals surface area (Å²) in [6.45, 7) is 4.71. The van der Waals surface area contributed by atoms with Crippen LogP contribution in [0.3, 0.4) is 0 Å². The Balaban J connectivity index is 1.53. The highest BCUT2D eigenvalue weighted by molar-refractivity contribution is 5.67. The number of halogens is 1. The van der Waals surface area contributed by atoms with Crippen molar-refractivity contribution in [1.82, 2.24) is 0 Å². The van der Waals surface area contributed by atoms with Crippen LogP contribution < -0.4 is 4.74 Å². The molecule has 0 amide bonds. The third-order valence-electron chi connectivity index (χ3n) is 6.86. The van der Waals surface area contributed by atoms with Gasteiger partial charge in [0.2, 0.25) is 0 Å². The Morgan fingerprint density at radius 1 is 0.909 bits per heavy atom. The molecule has 1 aliphatic rings. The second kappa shape index (κ2) is 13.4. The van der Waals surface area contributed by atoms with Gasteiger partial charge in [0, 0.05) is 5.56 Å². The largest absolute Gasteiger partial charge is 0.513 e. The van der Waals surface area contributed by atoms with Crippen LogP contribution in [0, 0.1) is 11.7 Å². The minimum absolute atomic E-state index is 0.193.